The zero-order chi connectivity index (χ0) is 18.2. The molecule has 0 saturated heterocycles. The number of imidazole rings is 1. The lowest BCUT2D eigenvalue weighted by molar-refractivity contribution is 1.26. The van der Waals surface area contributed by atoms with Crippen molar-refractivity contribution in [3.63, 3.8) is 0 Å². The first-order valence-corrected chi connectivity index (χ1v) is 9.43. The number of nitrogens with zero attached hydrogens (tertiary/aromatic N) is 4. The summed E-state index contributed by atoms with van der Waals surface area (Å²) in [5.41, 5.74) is 11.3. The van der Waals surface area contributed by atoms with Crippen molar-refractivity contribution in [3.8, 4) is 11.1 Å². The van der Waals surface area contributed by atoms with Gasteiger partial charge < -0.3 is 0 Å². The minimum absolute atomic E-state index is 0.902. The highest BCUT2D eigenvalue weighted by molar-refractivity contribution is 6.10. The summed E-state index contributed by atoms with van der Waals surface area (Å²) >= 11 is 0. The van der Waals surface area contributed by atoms with Gasteiger partial charge in [-0.25, -0.2) is 4.98 Å². The molecular weight excluding hydrogens is 344 g/mol. The molecule has 0 N–H and O–H groups in total. The number of aromatic nitrogens is 4. The van der Waals surface area contributed by atoms with Gasteiger partial charge in [0.1, 0.15) is 16.7 Å². The molecule has 1 aliphatic carbocycles. The van der Waals surface area contributed by atoms with Crippen molar-refractivity contribution >= 4 is 38.6 Å². The van der Waals surface area contributed by atoms with Crippen molar-refractivity contribution < 1.29 is 0 Å². The molecule has 28 heavy (non-hydrogen) atoms. The number of hydrogen-bond donors (Lipinski definition) is 0. The maximum absolute atomic E-state index is 5.03. The van der Waals surface area contributed by atoms with Crippen LogP contribution in [0.4, 0.5) is 0 Å². The van der Waals surface area contributed by atoms with Crippen LogP contribution in [0.5, 0.6) is 0 Å². The maximum Gasteiger partial charge on any atom is 0.148 e. The fourth-order valence-corrected chi connectivity index (χ4v) is 4.66. The lowest BCUT2D eigenvalue weighted by atomic mass is 10.1. The maximum atomic E-state index is 5.03. The molecule has 2 aromatic carbocycles. The molecule has 0 aliphatic heterocycles. The molecule has 0 radical (unpaired) electrons. The molecule has 0 fully saturated rings. The van der Waals surface area contributed by atoms with Crippen LogP contribution in [0.15, 0.2) is 73.1 Å². The summed E-state index contributed by atoms with van der Waals surface area (Å²) in [5, 5.41) is 1.03. The Bertz CT molecular complexity index is 1590. The molecule has 4 aromatic heterocycles. The minimum Gasteiger partial charge on any atom is -0.290 e. The Morgan fingerprint density at radius 2 is 1.57 bits per heavy atom. The van der Waals surface area contributed by atoms with Crippen molar-refractivity contribution in [1.29, 1.82) is 0 Å². The van der Waals surface area contributed by atoms with E-state index in [1.54, 1.807) is 0 Å². The lowest BCUT2D eigenvalue weighted by Gasteiger charge is -2.07. The van der Waals surface area contributed by atoms with Gasteiger partial charge in [-0.2, -0.15) is 0 Å². The summed E-state index contributed by atoms with van der Waals surface area (Å²) in [7, 11) is 0. The third kappa shape index (κ3) is 1.68. The van der Waals surface area contributed by atoms with Crippen LogP contribution in [0.2, 0.25) is 0 Å². The van der Waals surface area contributed by atoms with Gasteiger partial charge in [0.15, 0.2) is 0 Å². The number of pyridine rings is 3. The predicted molar refractivity (Wildman–Crippen MR) is 112 cm³/mol. The van der Waals surface area contributed by atoms with Crippen molar-refractivity contribution in [2.45, 2.75) is 6.42 Å². The Morgan fingerprint density at radius 1 is 0.714 bits per heavy atom. The Balaban J connectivity index is 1.72. The zero-order valence-corrected chi connectivity index (χ0v) is 14.9. The molecule has 0 atom stereocenters. The molecule has 4 nitrogen and oxygen atoms in total. The molecule has 0 amide bonds. The smallest absolute Gasteiger partial charge is 0.148 e. The van der Waals surface area contributed by atoms with Crippen molar-refractivity contribution in [3.05, 3.63) is 84.2 Å². The van der Waals surface area contributed by atoms with Gasteiger partial charge in [0, 0.05) is 17.8 Å². The van der Waals surface area contributed by atoms with Gasteiger partial charge in [-0.1, -0.05) is 24.3 Å². The standard InChI is InChI=1S/C24H14N4/c1-2-6-16-14(5-1)11-15-12-19-21(13-18(15)16)28-20-8-4-10-26-23(20)22-17(24(28)27-19)7-3-9-25-22/h1-10,12-13H,11H2. The Labute approximate surface area is 160 Å². The molecule has 0 spiro atoms. The van der Waals surface area contributed by atoms with E-state index in [4.69, 9.17) is 4.98 Å². The van der Waals surface area contributed by atoms with E-state index in [1.807, 2.05) is 24.5 Å². The zero-order valence-electron chi connectivity index (χ0n) is 14.9. The van der Waals surface area contributed by atoms with Gasteiger partial charge in [-0.05, 0) is 65.1 Å². The van der Waals surface area contributed by atoms with Gasteiger partial charge in [-0.15, -0.1) is 0 Å². The highest BCUT2D eigenvalue weighted by atomic mass is 15.0. The molecule has 4 heterocycles. The molecular formula is C24H14N4. The molecule has 4 heteroatoms. The monoisotopic (exact) mass is 358 g/mol. The molecule has 0 bridgehead atoms. The van der Waals surface area contributed by atoms with Crippen LogP contribution < -0.4 is 0 Å². The molecule has 7 rings (SSSR count). The predicted octanol–water partition coefficient (Wildman–Crippen LogP) is 5.16. The average Bonchev–Trinajstić information content (AvgIpc) is 3.30. The summed E-state index contributed by atoms with van der Waals surface area (Å²) in [6.45, 7) is 0. The first-order valence-electron chi connectivity index (χ1n) is 9.43. The highest BCUT2D eigenvalue weighted by Crippen LogP contribution is 2.40. The minimum atomic E-state index is 0.902. The number of benzene rings is 2. The van der Waals surface area contributed by atoms with Crippen molar-refractivity contribution in [1.82, 2.24) is 19.4 Å². The van der Waals surface area contributed by atoms with Crippen LogP contribution in [0.25, 0.3) is 49.7 Å². The Hall–Kier alpha value is -3.79. The first kappa shape index (κ1) is 14.3. The fourth-order valence-electron chi connectivity index (χ4n) is 4.66. The van der Waals surface area contributed by atoms with Crippen LogP contribution >= 0.6 is 0 Å². The molecule has 130 valence electrons. The normalized spacial score (nSPS) is 12.9. The number of fused-ring (bicyclic) bond motifs is 11. The van der Waals surface area contributed by atoms with Gasteiger partial charge in [0.25, 0.3) is 0 Å². The SMILES string of the molecule is c1ccc2c(c1)Cc1cc3nc4c5cccnc5c5ncccc5n4c3cc1-2. The van der Waals surface area contributed by atoms with E-state index in [2.05, 4.69) is 62.9 Å². The molecule has 6 aromatic rings. The quantitative estimate of drug-likeness (QED) is 0.352. The van der Waals surface area contributed by atoms with Crippen LogP contribution in [0.1, 0.15) is 11.1 Å². The second kappa shape index (κ2) is 4.93. The first-order chi connectivity index (χ1) is 13.9. The summed E-state index contributed by atoms with van der Waals surface area (Å²) in [5.74, 6) is 0. The van der Waals surface area contributed by atoms with Crippen LogP contribution in [0, 0.1) is 0 Å². The van der Waals surface area contributed by atoms with E-state index in [0.29, 0.717) is 0 Å². The number of hydrogen-bond acceptors (Lipinski definition) is 3. The second-order valence-electron chi connectivity index (χ2n) is 7.37. The molecule has 0 saturated carbocycles. The Morgan fingerprint density at radius 3 is 2.54 bits per heavy atom. The van der Waals surface area contributed by atoms with Crippen LogP contribution in [-0.4, -0.2) is 19.4 Å². The Kier molecular flexibility index (Phi) is 2.51. The summed E-state index contributed by atoms with van der Waals surface area (Å²) < 4.78 is 2.24. The summed E-state index contributed by atoms with van der Waals surface area (Å²) in [6.07, 6.45) is 4.62. The van der Waals surface area contributed by atoms with E-state index in [1.165, 1.54) is 22.3 Å². The van der Waals surface area contributed by atoms with Crippen molar-refractivity contribution in [2.75, 3.05) is 0 Å². The summed E-state index contributed by atoms with van der Waals surface area (Å²) in [4.78, 5) is 14.3. The molecule has 0 unspecified atom stereocenters. The van der Waals surface area contributed by atoms with E-state index < -0.39 is 0 Å². The van der Waals surface area contributed by atoms with E-state index >= 15 is 0 Å². The van der Waals surface area contributed by atoms with Gasteiger partial charge in [0.05, 0.1) is 16.6 Å². The molecule has 1 aliphatic rings. The van der Waals surface area contributed by atoms with E-state index in [9.17, 15) is 0 Å². The topological polar surface area (TPSA) is 43.1 Å². The lowest BCUT2D eigenvalue weighted by Crippen LogP contribution is -1.94. The van der Waals surface area contributed by atoms with Gasteiger partial charge in [-0.3, -0.25) is 14.4 Å². The highest BCUT2D eigenvalue weighted by Gasteiger charge is 2.21. The van der Waals surface area contributed by atoms with Crippen molar-refractivity contribution in [2.24, 2.45) is 0 Å². The largest absolute Gasteiger partial charge is 0.290 e. The van der Waals surface area contributed by atoms with Gasteiger partial charge in [0.2, 0.25) is 0 Å². The third-order valence-electron chi connectivity index (χ3n) is 5.87. The van der Waals surface area contributed by atoms with E-state index in [0.717, 1.165) is 45.0 Å². The second-order valence-corrected chi connectivity index (χ2v) is 7.37. The van der Waals surface area contributed by atoms with Crippen LogP contribution in [0.3, 0.4) is 0 Å². The number of rotatable bonds is 0. The summed E-state index contributed by atoms with van der Waals surface area (Å²) in [6, 6.07) is 21.3. The van der Waals surface area contributed by atoms with E-state index in [-0.39, 0.29) is 0 Å². The van der Waals surface area contributed by atoms with Crippen LogP contribution in [-0.2, 0) is 6.42 Å². The third-order valence-corrected chi connectivity index (χ3v) is 5.87. The van der Waals surface area contributed by atoms with Gasteiger partial charge >= 0.3 is 0 Å². The fraction of sp³-hybridized carbons (Fsp3) is 0.0417. The average molecular weight is 358 g/mol.